The lowest BCUT2D eigenvalue weighted by molar-refractivity contribution is 0.699. The molecule has 0 fully saturated rings. The average molecular weight is 339 g/mol. The zero-order chi connectivity index (χ0) is 16.3. The molecule has 7 nitrogen and oxygen atoms in total. The molecule has 1 aliphatic carbocycles. The van der Waals surface area contributed by atoms with Crippen LogP contribution in [0, 0.1) is 0 Å². The van der Waals surface area contributed by atoms with Crippen molar-refractivity contribution in [2.45, 2.75) is 25.7 Å². The number of nitrogens with zero attached hydrogens (tertiary/aromatic N) is 3. The van der Waals surface area contributed by atoms with Crippen molar-refractivity contribution in [2.75, 3.05) is 0 Å². The van der Waals surface area contributed by atoms with Crippen LogP contribution in [0.2, 0.25) is 0 Å². The molecular formula is C16H13N5O2S. The molecule has 2 N–H and O–H groups in total. The first kappa shape index (κ1) is 13.7. The van der Waals surface area contributed by atoms with Gasteiger partial charge in [0.25, 0.3) is 5.56 Å². The van der Waals surface area contributed by atoms with Crippen LogP contribution in [0.15, 0.2) is 27.8 Å². The van der Waals surface area contributed by atoms with Gasteiger partial charge in [0.1, 0.15) is 10.3 Å². The lowest BCUT2D eigenvalue weighted by Gasteiger charge is -2.10. The summed E-state index contributed by atoms with van der Waals surface area (Å²) in [5.41, 5.74) is 2.31. The zero-order valence-corrected chi connectivity index (χ0v) is 13.4. The topological polar surface area (TPSA) is 96.4 Å². The molecule has 5 rings (SSSR count). The van der Waals surface area contributed by atoms with Gasteiger partial charge < -0.3 is 0 Å². The number of thiophene rings is 1. The van der Waals surface area contributed by atoms with Gasteiger partial charge in [-0.2, -0.15) is 0 Å². The van der Waals surface area contributed by atoms with Crippen LogP contribution in [0.4, 0.5) is 0 Å². The van der Waals surface area contributed by atoms with E-state index in [2.05, 4.69) is 20.4 Å². The molecule has 1 aromatic carbocycles. The predicted molar refractivity (Wildman–Crippen MR) is 92.1 cm³/mol. The largest absolute Gasteiger partial charge is 0.334 e. The predicted octanol–water partition coefficient (Wildman–Crippen LogP) is 1.89. The summed E-state index contributed by atoms with van der Waals surface area (Å²) in [5, 5.41) is 11.1. The van der Waals surface area contributed by atoms with Gasteiger partial charge in [-0.25, -0.2) is 9.36 Å². The smallest absolute Gasteiger partial charge is 0.298 e. The molecule has 8 heteroatoms. The maximum atomic E-state index is 13.1. The van der Waals surface area contributed by atoms with Crippen LogP contribution in [0.25, 0.3) is 26.9 Å². The highest BCUT2D eigenvalue weighted by Crippen LogP contribution is 2.33. The molecule has 0 unspecified atom stereocenters. The quantitative estimate of drug-likeness (QED) is 0.553. The van der Waals surface area contributed by atoms with Gasteiger partial charge in [0.2, 0.25) is 0 Å². The number of fused-ring (bicyclic) bond motifs is 4. The Kier molecular flexibility index (Phi) is 2.78. The Morgan fingerprint density at radius 2 is 2.04 bits per heavy atom. The fourth-order valence-electron chi connectivity index (χ4n) is 3.44. The summed E-state index contributed by atoms with van der Waals surface area (Å²) in [4.78, 5) is 30.4. The lowest BCUT2D eigenvalue weighted by atomic mass is 9.97. The van der Waals surface area contributed by atoms with Crippen molar-refractivity contribution in [1.29, 1.82) is 0 Å². The van der Waals surface area contributed by atoms with Gasteiger partial charge in [-0.3, -0.25) is 14.9 Å². The molecule has 0 radical (unpaired) electrons. The van der Waals surface area contributed by atoms with E-state index in [1.165, 1.54) is 20.8 Å². The van der Waals surface area contributed by atoms with Gasteiger partial charge in [-0.15, -0.1) is 16.4 Å². The summed E-state index contributed by atoms with van der Waals surface area (Å²) in [6.07, 6.45) is 4.11. The van der Waals surface area contributed by atoms with Crippen molar-refractivity contribution < 1.29 is 0 Å². The second-order valence-corrected chi connectivity index (χ2v) is 7.10. The fourth-order valence-corrected chi connectivity index (χ4v) is 4.71. The standard InChI is InChI=1S/C16H13N5O2S/c22-15-13-9-3-1-2-4-12(9)24-14(13)17-16(23)21(15)8-5-6-10-11(7-8)19-20-18-10/h5-7H,1-4H2,(H,17,23)(H,18,19,20). The molecule has 0 spiro atoms. The van der Waals surface area contributed by atoms with E-state index in [0.29, 0.717) is 21.4 Å². The zero-order valence-electron chi connectivity index (χ0n) is 12.6. The molecule has 4 aromatic rings. The first-order valence-corrected chi connectivity index (χ1v) is 8.65. The maximum Gasteiger partial charge on any atom is 0.334 e. The summed E-state index contributed by atoms with van der Waals surface area (Å²) in [6.45, 7) is 0. The van der Waals surface area contributed by atoms with E-state index in [-0.39, 0.29) is 5.56 Å². The van der Waals surface area contributed by atoms with Crippen molar-refractivity contribution >= 4 is 32.6 Å². The van der Waals surface area contributed by atoms with Crippen LogP contribution in [0.3, 0.4) is 0 Å². The summed E-state index contributed by atoms with van der Waals surface area (Å²) >= 11 is 1.54. The van der Waals surface area contributed by atoms with Gasteiger partial charge >= 0.3 is 5.69 Å². The molecule has 24 heavy (non-hydrogen) atoms. The second-order valence-electron chi connectivity index (χ2n) is 6.00. The molecule has 1 aliphatic rings. The van der Waals surface area contributed by atoms with Crippen LogP contribution in [0.5, 0.6) is 0 Å². The van der Waals surface area contributed by atoms with Crippen molar-refractivity contribution in [3.05, 3.63) is 49.5 Å². The normalized spacial score (nSPS) is 14.3. The molecule has 0 bridgehead atoms. The van der Waals surface area contributed by atoms with E-state index in [0.717, 1.165) is 36.8 Å². The Labute approximate surface area is 139 Å². The van der Waals surface area contributed by atoms with E-state index in [4.69, 9.17) is 0 Å². The molecule has 0 atom stereocenters. The number of hydrogen-bond acceptors (Lipinski definition) is 5. The molecule has 3 heterocycles. The lowest BCUT2D eigenvalue weighted by Crippen LogP contribution is -2.33. The van der Waals surface area contributed by atoms with Crippen LogP contribution in [0.1, 0.15) is 23.3 Å². The van der Waals surface area contributed by atoms with E-state index in [9.17, 15) is 9.59 Å². The number of benzene rings is 1. The Morgan fingerprint density at radius 3 is 2.96 bits per heavy atom. The molecule has 0 saturated heterocycles. The van der Waals surface area contributed by atoms with Crippen LogP contribution >= 0.6 is 11.3 Å². The molecule has 0 saturated carbocycles. The minimum Gasteiger partial charge on any atom is -0.298 e. The number of aromatic amines is 2. The number of H-pyrrole nitrogens is 2. The number of aryl methyl sites for hydroxylation is 2. The van der Waals surface area contributed by atoms with E-state index >= 15 is 0 Å². The third kappa shape index (κ3) is 1.83. The van der Waals surface area contributed by atoms with Crippen molar-refractivity contribution in [2.24, 2.45) is 0 Å². The number of aromatic nitrogens is 5. The van der Waals surface area contributed by atoms with E-state index < -0.39 is 5.69 Å². The minimum absolute atomic E-state index is 0.254. The molecule has 0 amide bonds. The molecular weight excluding hydrogens is 326 g/mol. The molecule has 0 aliphatic heterocycles. The second kappa shape index (κ2) is 4.88. The SMILES string of the molecule is O=c1[nH]c2sc3c(c2c(=O)n1-c1ccc2[nH]nnc2c1)CCCC3. The molecule has 3 aromatic heterocycles. The van der Waals surface area contributed by atoms with Crippen molar-refractivity contribution in [3.63, 3.8) is 0 Å². The number of nitrogens with one attached hydrogen (secondary N) is 2. The Hall–Kier alpha value is -2.74. The summed E-state index contributed by atoms with van der Waals surface area (Å²) in [6, 6.07) is 5.19. The summed E-state index contributed by atoms with van der Waals surface area (Å²) in [7, 11) is 0. The molecule has 120 valence electrons. The van der Waals surface area contributed by atoms with Crippen LogP contribution < -0.4 is 11.2 Å². The fraction of sp³-hybridized carbons (Fsp3) is 0.250. The highest BCUT2D eigenvalue weighted by atomic mass is 32.1. The van der Waals surface area contributed by atoms with Crippen LogP contribution in [-0.2, 0) is 12.8 Å². The Balaban J connectivity index is 1.84. The highest BCUT2D eigenvalue weighted by Gasteiger charge is 2.21. The number of hydrogen-bond donors (Lipinski definition) is 2. The van der Waals surface area contributed by atoms with Gasteiger partial charge in [-0.05, 0) is 49.4 Å². The van der Waals surface area contributed by atoms with Crippen molar-refractivity contribution in [3.8, 4) is 5.69 Å². The Bertz CT molecular complexity index is 1210. The van der Waals surface area contributed by atoms with E-state index in [1.807, 2.05) is 0 Å². The van der Waals surface area contributed by atoms with Crippen molar-refractivity contribution in [1.82, 2.24) is 25.0 Å². The minimum atomic E-state index is -0.422. The average Bonchev–Trinajstić information content (AvgIpc) is 3.17. The van der Waals surface area contributed by atoms with Gasteiger partial charge in [-0.1, -0.05) is 5.21 Å². The monoisotopic (exact) mass is 339 g/mol. The summed E-state index contributed by atoms with van der Waals surface area (Å²) < 4.78 is 1.19. The third-order valence-corrected chi connectivity index (χ3v) is 5.79. The van der Waals surface area contributed by atoms with Crippen LogP contribution in [-0.4, -0.2) is 25.0 Å². The third-order valence-electron chi connectivity index (χ3n) is 4.58. The Morgan fingerprint density at radius 1 is 1.17 bits per heavy atom. The highest BCUT2D eigenvalue weighted by molar-refractivity contribution is 7.18. The van der Waals surface area contributed by atoms with Gasteiger partial charge in [0.05, 0.1) is 16.6 Å². The number of rotatable bonds is 1. The van der Waals surface area contributed by atoms with Gasteiger partial charge in [0.15, 0.2) is 0 Å². The van der Waals surface area contributed by atoms with Gasteiger partial charge in [0, 0.05) is 4.88 Å². The maximum absolute atomic E-state index is 13.1. The summed E-state index contributed by atoms with van der Waals surface area (Å²) in [5.74, 6) is 0. The first-order valence-electron chi connectivity index (χ1n) is 7.83. The van der Waals surface area contributed by atoms with E-state index in [1.54, 1.807) is 18.2 Å². The first-order chi connectivity index (χ1) is 11.7.